The van der Waals surface area contributed by atoms with Gasteiger partial charge in [-0.1, -0.05) is 0 Å². The van der Waals surface area contributed by atoms with Gasteiger partial charge < -0.3 is 4.80 Å². The third-order valence-electron chi connectivity index (χ3n) is 0. The molecule has 0 aromatic carbocycles. The molecule has 4 heteroatoms. The largest absolute Gasteiger partial charge is 1.00 e. The average Bonchev–Trinajstić information content (AvgIpc) is 1.50. The van der Waals surface area contributed by atoms with Crippen molar-refractivity contribution < 1.29 is 6.22 Å². The van der Waals surface area contributed by atoms with Gasteiger partial charge in [0.2, 0.25) is 0 Å². The molecule has 0 heterocycles. The normalized spacial score (nSPS) is 4.50. The van der Waals surface area contributed by atoms with E-state index in [9.17, 15) is 0 Å². The maximum absolute atomic E-state index is 7.14. The predicted molar refractivity (Wildman–Crippen MR) is 29.1 cm³/mol. The van der Waals surface area contributed by atoms with Gasteiger partial charge in [0, 0.05) is 0 Å². The molecule has 1 nitrogen and oxygen atoms in total. The molecule has 0 rings (SSSR count). The minimum Gasteiger partial charge on any atom is -0.442 e. The summed E-state index contributed by atoms with van der Waals surface area (Å²) in [6.07, 6.45) is 0. The number of rotatable bonds is 0. The van der Waals surface area contributed by atoms with Crippen molar-refractivity contribution in [3.63, 3.8) is 0 Å². The molecule has 0 aliphatic carbocycles. The second kappa shape index (κ2) is 56.8. The number of hydrogen-bond acceptors (Lipinski definition) is 1. The Balaban J connectivity index is -0.0000000133. The van der Waals surface area contributed by atoms with E-state index in [1.165, 1.54) is 0 Å². The van der Waals surface area contributed by atoms with Crippen molar-refractivity contribution in [2.24, 2.45) is 0 Å². The molecule has 0 bridgehead atoms. The van der Waals surface area contributed by atoms with E-state index in [0.29, 0.717) is 10.5 Å². The Morgan fingerprint density at radius 2 is 1.50 bits per heavy atom. The molecule has 0 spiro atoms. The van der Waals surface area contributed by atoms with E-state index in [0.717, 1.165) is 9.55 Å². The van der Waals surface area contributed by atoms with Crippen LogP contribution in [0.3, 0.4) is 0 Å². The number of hydrogen-bond donors (Lipinski definition) is 1. The van der Waals surface area contributed by atoms with Gasteiger partial charge in [-0.2, -0.15) is 11.1 Å². The summed E-state index contributed by atoms with van der Waals surface area (Å²) in [7, 11) is 1.08. The van der Waals surface area contributed by atoms with Crippen molar-refractivity contribution in [2.45, 2.75) is 0 Å². The Hall–Kier alpha value is 0.684. The smallest absolute Gasteiger partial charge is 0.442 e. The molecule has 0 fully saturated rings. The lowest BCUT2D eigenvalue weighted by Gasteiger charge is -1.19. The molecule has 0 atom stereocenters. The van der Waals surface area contributed by atoms with Crippen LogP contribution in [0.4, 0.5) is 0 Å². The third kappa shape index (κ3) is 16.3. The van der Waals surface area contributed by atoms with E-state index in [-0.39, 0.29) is 1.43 Å². The minimum atomic E-state index is 0. The zero-order chi connectivity index (χ0) is 4.00. The molecule has 28 valence electrons. The fourth-order valence-electron chi connectivity index (χ4n) is 0. The van der Waals surface area contributed by atoms with Crippen molar-refractivity contribution in [3.8, 4) is 0 Å². The Kier molecular flexibility index (Phi) is 125. The summed E-state index contributed by atoms with van der Waals surface area (Å²) in [6.45, 7) is 0. The monoisotopic (exact) mass is 115 g/mol. The quantitative estimate of drug-likeness (QED) is 0.283. The number of halogens is 1. The van der Waals surface area contributed by atoms with Crippen LogP contribution in [0.2, 0.25) is 0 Å². The average molecular weight is 116 g/mol. The highest BCUT2D eigenvalue weighted by Gasteiger charge is 0.975. The summed E-state index contributed by atoms with van der Waals surface area (Å²) in [4.78, 5) is 7.14. The lowest BCUT2D eigenvalue weighted by molar-refractivity contribution is 0.629. The van der Waals surface area contributed by atoms with Gasteiger partial charge in [0.25, 0.3) is 0 Å². The van der Waals surface area contributed by atoms with Crippen molar-refractivity contribution in [1.82, 2.24) is 0 Å². The summed E-state index contributed by atoms with van der Waals surface area (Å²) in [5.74, 6) is 0. The van der Waals surface area contributed by atoms with E-state index in [1.807, 2.05) is 0 Å². The van der Waals surface area contributed by atoms with Crippen LogP contribution >= 0.6 is 11.1 Å². The van der Waals surface area contributed by atoms with Gasteiger partial charge in [0.15, 0.2) is 0 Å². The molecule has 0 amide bonds. The first kappa shape index (κ1) is 8.82. The van der Waals surface area contributed by atoms with Crippen molar-refractivity contribution in [1.29, 1.82) is 0 Å². The molecular formula is H8ClOSi2+. The Morgan fingerprint density at radius 1 is 1.50 bits per heavy atom. The third-order valence-corrected chi connectivity index (χ3v) is 0. The Bertz CT molecular complexity index is 9.61. The summed E-state index contributed by atoms with van der Waals surface area (Å²) in [6, 6.07) is 0. The zero-order valence-corrected chi connectivity index (χ0v) is 7.58. The van der Waals surface area contributed by atoms with Gasteiger partial charge >= 0.3 is 1.43 Å². The van der Waals surface area contributed by atoms with E-state index < -0.39 is 0 Å². The maximum atomic E-state index is 7.14. The molecule has 0 aliphatic rings. The van der Waals surface area contributed by atoms with Crippen molar-refractivity contribution >= 4 is 31.1 Å². The van der Waals surface area contributed by atoms with Crippen LogP contribution in [0.15, 0.2) is 0 Å². The van der Waals surface area contributed by atoms with Crippen LogP contribution in [0.5, 0.6) is 0 Å². The molecule has 1 N–H and O–H groups in total. The van der Waals surface area contributed by atoms with Gasteiger partial charge in [0.1, 0.15) is 20.0 Å². The first-order chi connectivity index (χ1) is 2.00. The van der Waals surface area contributed by atoms with Crippen LogP contribution in [-0.4, -0.2) is 24.8 Å². The van der Waals surface area contributed by atoms with Crippen LogP contribution < -0.4 is 0 Å². The van der Waals surface area contributed by atoms with Crippen LogP contribution in [0.1, 0.15) is 1.43 Å². The van der Waals surface area contributed by atoms with Crippen LogP contribution in [0.25, 0.3) is 0 Å². The Morgan fingerprint density at radius 3 is 1.50 bits per heavy atom. The molecule has 0 aromatic heterocycles. The predicted octanol–water partition coefficient (Wildman–Crippen LogP) is -2.12. The standard InChI is InChI=1S/ClH3Si.H4OSi/c2*1-2/h2H3;1H,2H3/p+1. The lowest BCUT2D eigenvalue weighted by atomic mass is 15.9. The van der Waals surface area contributed by atoms with E-state index in [2.05, 4.69) is 0 Å². The molecule has 0 aromatic rings. The van der Waals surface area contributed by atoms with Gasteiger partial charge in [-0.15, -0.1) is 0 Å². The van der Waals surface area contributed by atoms with Gasteiger partial charge in [-0.25, -0.2) is 0 Å². The fourth-order valence-corrected chi connectivity index (χ4v) is 0. The zero-order valence-electron chi connectivity index (χ0n) is 3.83. The van der Waals surface area contributed by atoms with Crippen molar-refractivity contribution in [2.75, 3.05) is 0 Å². The highest BCUT2D eigenvalue weighted by Crippen LogP contribution is 1.29. The molecule has 0 saturated heterocycles. The minimum absolute atomic E-state index is 0. The molecule has 0 radical (unpaired) electrons. The fraction of sp³-hybridized carbons (Fsp3) is 0. The highest BCUT2D eigenvalue weighted by molar-refractivity contribution is 6.80. The second-order valence-corrected chi connectivity index (χ2v) is 0. The van der Waals surface area contributed by atoms with Gasteiger partial charge in [-0.05, 0) is 0 Å². The first-order valence-electron chi connectivity index (χ1n) is 0.825. The molecule has 4 heavy (non-hydrogen) atoms. The first-order valence-corrected chi connectivity index (χ1v) is 4.74. The van der Waals surface area contributed by atoms with E-state index >= 15 is 0 Å². The molecule has 0 aliphatic heterocycles. The maximum Gasteiger partial charge on any atom is 1.00 e. The summed E-state index contributed by atoms with van der Waals surface area (Å²) >= 11 is 4.78. The molecule has 0 saturated carbocycles. The van der Waals surface area contributed by atoms with Crippen LogP contribution in [-0.2, 0) is 0 Å². The lowest BCUT2D eigenvalue weighted by Crippen LogP contribution is -1.34. The van der Waals surface area contributed by atoms with E-state index in [1.54, 1.807) is 0 Å². The highest BCUT2D eigenvalue weighted by atomic mass is 35.6. The second-order valence-electron chi connectivity index (χ2n) is 0. The summed E-state index contributed by atoms with van der Waals surface area (Å²) in [5.41, 5.74) is 0. The SMILES string of the molecule is O[SiH3].[H+].[SiH3]Cl. The topological polar surface area (TPSA) is 20.2 Å². The molecular weight excluding hydrogens is 108 g/mol. The van der Waals surface area contributed by atoms with Crippen molar-refractivity contribution in [3.05, 3.63) is 0 Å². The van der Waals surface area contributed by atoms with E-state index in [4.69, 9.17) is 15.9 Å². The van der Waals surface area contributed by atoms with Gasteiger partial charge in [0.05, 0.1) is 0 Å². The summed E-state index contributed by atoms with van der Waals surface area (Å²) < 4.78 is 0. The Labute approximate surface area is 38.1 Å². The van der Waals surface area contributed by atoms with Gasteiger partial charge in [-0.3, -0.25) is 0 Å². The van der Waals surface area contributed by atoms with Crippen LogP contribution in [0, 0.1) is 0 Å². The molecule has 0 unspecified atom stereocenters. The summed E-state index contributed by atoms with van der Waals surface area (Å²) in [5, 5.41) is 0.